The molecule has 1 atom stereocenters. The molecule has 27 heavy (non-hydrogen) atoms. The van der Waals surface area contributed by atoms with E-state index < -0.39 is 5.60 Å². The van der Waals surface area contributed by atoms with Crippen molar-refractivity contribution in [3.8, 4) is 10.6 Å². The van der Waals surface area contributed by atoms with E-state index in [0.29, 0.717) is 13.1 Å². The molecule has 1 aromatic carbocycles. The maximum Gasteiger partial charge on any atom is 0.410 e. The lowest BCUT2D eigenvalue weighted by molar-refractivity contribution is -0.121. The molecule has 1 unspecified atom stereocenters. The highest BCUT2D eigenvalue weighted by Gasteiger charge is 2.31. The molecule has 1 aromatic heterocycles. The van der Waals surface area contributed by atoms with Gasteiger partial charge in [0.15, 0.2) is 0 Å². The summed E-state index contributed by atoms with van der Waals surface area (Å²) in [5, 5.41) is 5.84. The fraction of sp³-hybridized carbons (Fsp3) is 0.450. The summed E-state index contributed by atoms with van der Waals surface area (Å²) >= 11 is 1.58. The number of hydrogen-bond donors (Lipinski definition) is 1. The molecule has 0 saturated carbocycles. The molecule has 6 nitrogen and oxygen atoms in total. The third-order valence-electron chi connectivity index (χ3n) is 4.28. The Morgan fingerprint density at radius 3 is 2.63 bits per heavy atom. The SMILES string of the molecule is CC(C)(C)OC(=O)N1CCCC(C(=O)Nc2ccc(-c3nccs3)cc2)C1. The van der Waals surface area contributed by atoms with Gasteiger partial charge in [-0.1, -0.05) is 0 Å². The molecule has 3 rings (SSSR count). The largest absolute Gasteiger partial charge is 0.444 e. The van der Waals surface area contributed by atoms with Crippen LogP contribution in [0.4, 0.5) is 10.5 Å². The molecular formula is C20H25N3O3S. The Morgan fingerprint density at radius 1 is 1.26 bits per heavy atom. The predicted octanol–water partition coefficient (Wildman–Crippen LogP) is 4.40. The number of nitrogens with zero attached hydrogens (tertiary/aromatic N) is 2. The molecule has 1 aliphatic heterocycles. The summed E-state index contributed by atoms with van der Waals surface area (Å²) in [6.45, 7) is 6.54. The minimum atomic E-state index is -0.536. The lowest BCUT2D eigenvalue weighted by Crippen LogP contribution is -2.45. The molecule has 2 heterocycles. The Bertz CT molecular complexity index is 782. The first kappa shape index (κ1) is 19.4. The second kappa shape index (κ2) is 8.08. The van der Waals surface area contributed by atoms with Crippen LogP contribution in [0.2, 0.25) is 0 Å². The third kappa shape index (κ3) is 5.29. The number of nitrogens with one attached hydrogen (secondary N) is 1. The summed E-state index contributed by atoms with van der Waals surface area (Å²) in [5.74, 6) is -0.296. The average Bonchev–Trinajstić information content (AvgIpc) is 3.16. The van der Waals surface area contributed by atoms with Gasteiger partial charge in [-0.15, -0.1) is 11.3 Å². The number of aromatic nitrogens is 1. The predicted molar refractivity (Wildman–Crippen MR) is 107 cm³/mol. The van der Waals surface area contributed by atoms with Crippen molar-refractivity contribution in [2.75, 3.05) is 18.4 Å². The Morgan fingerprint density at radius 2 is 2.00 bits per heavy atom. The minimum Gasteiger partial charge on any atom is -0.444 e. The topological polar surface area (TPSA) is 71.5 Å². The monoisotopic (exact) mass is 387 g/mol. The van der Waals surface area contributed by atoms with Crippen molar-refractivity contribution in [2.24, 2.45) is 5.92 Å². The van der Waals surface area contributed by atoms with Gasteiger partial charge in [-0.05, 0) is 57.9 Å². The highest BCUT2D eigenvalue weighted by atomic mass is 32.1. The van der Waals surface area contributed by atoms with E-state index in [0.717, 1.165) is 29.1 Å². The van der Waals surface area contributed by atoms with Gasteiger partial charge in [0.05, 0.1) is 5.92 Å². The van der Waals surface area contributed by atoms with Crippen LogP contribution in [0.1, 0.15) is 33.6 Å². The van der Waals surface area contributed by atoms with Crippen molar-refractivity contribution in [1.29, 1.82) is 0 Å². The highest BCUT2D eigenvalue weighted by Crippen LogP contribution is 2.24. The van der Waals surface area contributed by atoms with E-state index in [1.165, 1.54) is 0 Å². The zero-order valence-electron chi connectivity index (χ0n) is 15.9. The van der Waals surface area contributed by atoms with E-state index in [2.05, 4.69) is 10.3 Å². The van der Waals surface area contributed by atoms with Crippen molar-refractivity contribution >= 4 is 29.0 Å². The number of hydrogen-bond acceptors (Lipinski definition) is 5. The molecule has 1 N–H and O–H groups in total. The average molecular weight is 388 g/mol. The highest BCUT2D eigenvalue weighted by molar-refractivity contribution is 7.13. The van der Waals surface area contributed by atoms with Gasteiger partial charge in [0.25, 0.3) is 0 Å². The molecule has 1 aliphatic rings. The first-order valence-electron chi connectivity index (χ1n) is 9.10. The van der Waals surface area contributed by atoms with Gasteiger partial charge in [0, 0.05) is 35.9 Å². The molecule has 144 valence electrons. The molecule has 2 amide bonds. The summed E-state index contributed by atoms with van der Waals surface area (Å²) in [4.78, 5) is 30.8. The Labute approximate surface area is 163 Å². The number of likely N-dealkylation sites (tertiary alicyclic amines) is 1. The maximum atomic E-state index is 12.6. The molecule has 7 heteroatoms. The van der Waals surface area contributed by atoms with Gasteiger partial charge >= 0.3 is 6.09 Å². The van der Waals surface area contributed by atoms with Crippen LogP contribution in [0.5, 0.6) is 0 Å². The first-order chi connectivity index (χ1) is 12.8. The van der Waals surface area contributed by atoms with Crippen LogP contribution in [0.15, 0.2) is 35.8 Å². The number of piperidine rings is 1. The number of carbonyl (C=O) groups is 2. The van der Waals surface area contributed by atoms with Crippen LogP contribution < -0.4 is 5.32 Å². The fourth-order valence-corrected chi connectivity index (χ4v) is 3.63. The molecule has 1 saturated heterocycles. The second-order valence-electron chi connectivity index (χ2n) is 7.67. The van der Waals surface area contributed by atoms with E-state index in [4.69, 9.17) is 4.74 Å². The Balaban J connectivity index is 1.58. The summed E-state index contributed by atoms with van der Waals surface area (Å²) in [7, 11) is 0. The van der Waals surface area contributed by atoms with Crippen molar-refractivity contribution in [1.82, 2.24) is 9.88 Å². The van der Waals surface area contributed by atoms with Crippen LogP contribution in [0.3, 0.4) is 0 Å². The number of ether oxygens (including phenoxy) is 1. The summed E-state index contributed by atoms with van der Waals surface area (Å²) in [6, 6.07) is 7.65. The van der Waals surface area contributed by atoms with Crippen LogP contribution >= 0.6 is 11.3 Å². The third-order valence-corrected chi connectivity index (χ3v) is 5.10. The summed E-state index contributed by atoms with van der Waals surface area (Å²) in [5.41, 5.74) is 1.23. The quantitative estimate of drug-likeness (QED) is 0.847. The molecule has 1 fully saturated rings. The molecule has 0 radical (unpaired) electrons. The summed E-state index contributed by atoms with van der Waals surface area (Å²) in [6.07, 6.45) is 2.98. The van der Waals surface area contributed by atoms with Crippen LogP contribution in [-0.4, -0.2) is 40.6 Å². The van der Waals surface area contributed by atoms with Crippen molar-refractivity contribution < 1.29 is 14.3 Å². The molecular weight excluding hydrogens is 362 g/mol. The number of carbonyl (C=O) groups excluding carboxylic acids is 2. The fourth-order valence-electron chi connectivity index (χ4n) is 2.99. The Kier molecular flexibility index (Phi) is 5.79. The van der Waals surface area contributed by atoms with Gasteiger partial charge < -0.3 is 15.0 Å². The lowest BCUT2D eigenvalue weighted by Gasteiger charge is -2.33. The number of rotatable bonds is 3. The van der Waals surface area contributed by atoms with Crippen molar-refractivity contribution in [3.63, 3.8) is 0 Å². The van der Waals surface area contributed by atoms with Gasteiger partial charge in [-0.3, -0.25) is 4.79 Å². The Hall–Kier alpha value is -2.41. The van der Waals surface area contributed by atoms with E-state index in [1.54, 1.807) is 22.4 Å². The van der Waals surface area contributed by atoms with Crippen LogP contribution in [0.25, 0.3) is 10.6 Å². The standard InChI is InChI=1S/C20H25N3O3S/c1-20(2,3)26-19(25)23-11-4-5-15(13-23)17(24)22-16-8-6-14(7-9-16)18-21-10-12-27-18/h6-10,12,15H,4-5,11,13H2,1-3H3,(H,22,24). The van der Waals surface area contributed by atoms with Crippen LogP contribution in [0, 0.1) is 5.92 Å². The smallest absolute Gasteiger partial charge is 0.410 e. The van der Waals surface area contributed by atoms with Gasteiger partial charge in [-0.2, -0.15) is 0 Å². The van der Waals surface area contributed by atoms with Crippen molar-refractivity contribution in [3.05, 3.63) is 35.8 Å². The van der Waals surface area contributed by atoms with E-state index in [1.807, 2.05) is 50.4 Å². The number of benzene rings is 1. The zero-order valence-corrected chi connectivity index (χ0v) is 16.7. The van der Waals surface area contributed by atoms with Gasteiger partial charge in [0.2, 0.25) is 5.91 Å². The van der Waals surface area contributed by atoms with E-state index in [-0.39, 0.29) is 17.9 Å². The molecule has 2 aromatic rings. The molecule has 0 bridgehead atoms. The zero-order chi connectivity index (χ0) is 19.4. The number of thiazole rings is 1. The lowest BCUT2D eigenvalue weighted by atomic mass is 9.97. The molecule has 0 spiro atoms. The minimum absolute atomic E-state index is 0.0646. The van der Waals surface area contributed by atoms with Gasteiger partial charge in [0.1, 0.15) is 10.6 Å². The second-order valence-corrected chi connectivity index (χ2v) is 8.56. The van der Waals surface area contributed by atoms with Crippen molar-refractivity contribution in [2.45, 2.75) is 39.2 Å². The number of anilines is 1. The molecule has 0 aliphatic carbocycles. The maximum absolute atomic E-state index is 12.6. The van der Waals surface area contributed by atoms with E-state index in [9.17, 15) is 9.59 Å². The van der Waals surface area contributed by atoms with E-state index >= 15 is 0 Å². The number of amides is 2. The summed E-state index contributed by atoms with van der Waals surface area (Å²) < 4.78 is 5.42. The first-order valence-corrected chi connectivity index (χ1v) is 9.98. The van der Waals surface area contributed by atoms with Crippen LogP contribution in [-0.2, 0) is 9.53 Å². The normalized spacial score (nSPS) is 17.4. The van der Waals surface area contributed by atoms with Gasteiger partial charge in [-0.25, -0.2) is 9.78 Å².